The van der Waals surface area contributed by atoms with Crippen LogP contribution >= 0.6 is 0 Å². The molecule has 8 nitrogen and oxygen atoms in total. The van der Waals surface area contributed by atoms with E-state index in [1.54, 1.807) is 23.6 Å². The topological polar surface area (TPSA) is 87.0 Å². The van der Waals surface area contributed by atoms with Gasteiger partial charge in [-0.3, -0.25) is 14.5 Å². The first kappa shape index (κ1) is 20.1. The molecule has 2 aliphatic heterocycles. The number of hydrogen-bond donors (Lipinski definition) is 0. The van der Waals surface area contributed by atoms with E-state index in [1.807, 2.05) is 30.3 Å². The van der Waals surface area contributed by atoms with E-state index < -0.39 is 5.54 Å². The van der Waals surface area contributed by atoms with Crippen molar-refractivity contribution in [3.8, 4) is 0 Å². The van der Waals surface area contributed by atoms with Gasteiger partial charge in [-0.1, -0.05) is 35.5 Å². The lowest BCUT2D eigenvalue weighted by Gasteiger charge is -2.42. The van der Waals surface area contributed by atoms with Gasteiger partial charge in [0.15, 0.2) is 0 Å². The fraction of sp³-hybridized carbons (Fsp3) is 0.455. The summed E-state index contributed by atoms with van der Waals surface area (Å²) in [5, 5.41) is 3.95. The minimum absolute atomic E-state index is 0.0104. The molecular formula is C22H26N4O4. The summed E-state index contributed by atoms with van der Waals surface area (Å²) in [5.74, 6) is 0.394. The number of imide groups is 1. The van der Waals surface area contributed by atoms with Crippen LogP contribution in [0.4, 0.5) is 4.79 Å². The number of aromatic nitrogens is 1. The molecule has 0 bridgehead atoms. The highest BCUT2D eigenvalue weighted by Crippen LogP contribution is 2.39. The van der Waals surface area contributed by atoms with Gasteiger partial charge in [-0.05, 0) is 32.3 Å². The molecule has 0 aliphatic carbocycles. The SMILES string of the molecule is CC(=O)N1CCC2(CC1)C(=O)N(Cc1c(C)noc1C)C(=O)N2Cc1ccccc1. The molecule has 0 unspecified atom stereocenters. The summed E-state index contributed by atoms with van der Waals surface area (Å²) >= 11 is 0. The van der Waals surface area contributed by atoms with Crippen molar-refractivity contribution in [1.29, 1.82) is 0 Å². The van der Waals surface area contributed by atoms with E-state index in [1.165, 1.54) is 11.8 Å². The third-order valence-electron chi connectivity index (χ3n) is 6.34. The molecule has 0 N–H and O–H groups in total. The number of amides is 4. The number of carbonyl (C=O) groups is 3. The summed E-state index contributed by atoms with van der Waals surface area (Å²) in [6.07, 6.45) is 0.865. The predicted octanol–water partition coefficient (Wildman–Crippen LogP) is 2.64. The van der Waals surface area contributed by atoms with E-state index in [4.69, 9.17) is 4.52 Å². The molecule has 3 heterocycles. The van der Waals surface area contributed by atoms with Crippen LogP contribution in [0.5, 0.6) is 0 Å². The lowest BCUT2D eigenvalue weighted by molar-refractivity contribution is -0.140. The Morgan fingerprint density at radius 2 is 1.77 bits per heavy atom. The van der Waals surface area contributed by atoms with Crippen LogP contribution < -0.4 is 0 Å². The molecule has 2 saturated heterocycles. The Labute approximate surface area is 175 Å². The van der Waals surface area contributed by atoms with Gasteiger partial charge in [0.1, 0.15) is 11.3 Å². The van der Waals surface area contributed by atoms with Crippen molar-refractivity contribution in [3.63, 3.8) is 0 Å². The Kier molecular flexibility index (Phi) is 5.09. The monoisotopic (exact) mass is 410 g/mol. The summed E-state index contributed by atoms with van der Waals surface area (Å²) in [4.78, 5) is 43.6. The minimum Gasteiger partial charge on any atom is -0.361 e. The number of aryl methyl sites for hydroxylation is 2. The summed E-state index contributed by atoms with van der Waals surface area (Å²) in [7, 11) is 0. The molecule has 0 radical (unpaired) electrons. The average molecular weight is 410 g/mol. The minimum atomic E-state index is -0.933. The highest BCUT2D eigenvalue weighted by atomic mass is 16.5. The van der Waals surface area contributed by atoms with Gasteiger partial charge in [-0.15, -0.1) is 0 Å². The van der Waals surface area contributed by atoms with Crippen molar-refractivity contribution in [1.82, 2.24) is 19.9 Å². The van der Waals surface area contributed by atoms with Crippen LogP contribution in [-0.4, -0.2) is 56.3 Å². The van der Waals surface area contributed by atoms with Crippen LogP contribution in [0.1, 0.15) is 42.3 Å². The molecule has 2 aliphatic rings. The van der Waals surface area contributed by atoms with Crippen molar-refractivity contribution in [2.24, 2.45) is 0 Å². The van der Waals surface area contributed by atoms with E-state index >= 15 is 0 Å². The quantitative estimate of drug-likeness (QED) is 0.723. The van der Waals surface area contributed by atoms with E-state index in [2.05, 4.69) is 5.16 Å². The number of benzene rings is 1. The molecule has 0 atom stereocenters. The Morgan fingerprint density at radius 3 is 2.33 bits per heavy atom. The first-order chi connectivity index (χ1) is 14.3. The van der Waals surface area contributed by atoms with Crippen molar-refractivity contribution in [3.05, 3.63) is 52.9 Å². The number of rotatable bonds is 4. The van der Waals surface area contributed by atoms with Crippen LogP contribution in [0.2, 0.25) is 0 Å². The fourth-order valence-corrected chi connectivity index (χ4v) is 4.47. The van der Waals surface area contributed by atoms with Crippen molar-refractivity contribution in [2.75, 3.05) is 13.1 Å². The molecule has 0 saturated carbocycles. The number of likely N-dealkylation sites (tertiary alicyclic amines) is 1. The largest absolute Gasteiger partial charge is 0.361 e. The zero-order chi connectivity index (χ0) is 21.5. The van der Waals surface area contributed by atoms with Crippen LogP contribution in [-0.2, 0) is 22.7 Å². The number of piperidine rings is 1. The molecule has 8 heteroatoms. The molecule has 1 aromatic heterocycles. The third kappa shape index (κ3) is 3.26. The second kappa shape index (κ2) is 7.59. The van der Waals surface area contributed by atoms with Gasteiger partial charge in [-0.2, -0.15) is 0 Å². The van der Waals surface area contributed by atoms with Crippen LogP contribution in [0.3, 0.4) is 0 Å². The fourth-order valence-electron chi connectivity index (χ4n) is 4.47. The summed E-state index contributed by atoms with van der Waals surface area (Å²) in [5.41, 5.74) is 1.47. The lowest BCUT2D eigenvalue weighted by Crippen LogP contribution is -2.56. The van der Waals surface area contributed by atoms with Gasteiger partial charge in [0, 0.05) is 32.1 Å². The first-order valence-corrected chi connectivity index (χ1v) is 10.2. The molecule has 4 amide bonds. The summed E-state index contributed by atoms with van der Waals surface area (Å²) in [6.45, 7) is 6.53. The molecule has 1 spiro atoms. The van der Waals surface area contributed by atoms with E-state index in [0.717, 1.165) is 11.1 Å². The smallest absolute Gasteiger partial charge is 0.328 e. The van der Waals surface area contributed by atoms with Gasteiger partial charge >= 0.3 is 6.03 Å². The Hall–Kier alpha value is -3.16. The van der Waals surface area contributed by atoms with Crippen molar-refractivity contribution in [2.45, 2.75) is 52.2 Å². The van der Waals surface area contributed by atoms with Crippen LogP contribution in [0.25, 0.3) is 0 Å². The summed E-state index contributed by atoms with van der Waals surface area (Å²) < 4.78 is 5.22. The van der Waals surface area contributed by atoms with Crippen molar-refractivity contribution < 1.29 is 18.9 Å². The van der Waals surface area contributed by atoms with Crippen LogP contribution in [0, 0.1) is 13.8 Å². The normalized spacial score (nSPS) is 18.6. The number of hydrogen-bond acceptors (Lipinski definition) is 5. The molecular weight excluding hydrogens is 384 g/mol. The predicted molar refractivity (Wildman–Crippen MR) is 108 cm³/mol. The summed E-state index contributed by atoms with van der Waals surface area (Å²) in [6, 6.07) is 9.36. The average Bonchev–Trinajstić information content (AvgIpc) is 3.15. The maximum Gasteiger partial charge on any atom is 0.328 e. The Morgan fingerprint density at radius 1 is 1.10 bits per heavy atom. The van der Waals surface area contributed by atoms with Gasteiger partial charge in [0.05, 0.1) is 12.2 Å². The molecule has 2 aromatic rings. The molecule has 30 heavy (non-hydrogen) atoms. The Bertz CT molecular complexity index is 957. The highest BCUT2D eigenvalue weighted by Gasteiger charge is 2.58. The maximum absolute atomic E-state index is 13.6. The molecule has 158 valence electrons. The second-order valence-corrected chi connectivity index (χ2v) is 8.09. The van der Waals surface area contributed by atoms with Crippen molar-refractivity contribution >= 4 is 17.8 Å². The van der Waals surface area contributed by atoms with Gasteiger partial charge in [0.2, 0.25) is 5.91 Å². The number of urea groups is 1. The molecule has 4 rings (SSSR count). The standard InChI is InChI=1S/C22H26N4O4/c1-15-19(16(2)30-23-15)14-25-20(28)22(9-11-24(12-10-22)17(3)27)26(21(25)29)13-18-7-5-4-6-8-18/h4-8H,9-14H2,1-3H3. The molecule has 2 fully saturated rings. The van der Waals surface area contributed by atoms with Gasteiger partial charge in [0.25, 0.3) is 5.91 Å². The zero-order valence-electron chi connectivity index (χ0n) is 17.6. The highest BCUT2D eigenvalue weighted by molar-refractivity contribution is 6.07. The van der Waals surface area contributed by atoms with E-state index in [-0.39, 0.29) is 24.4 Å². The number of carbonyl (C=O) groups excluding carboxylic acids is 3. The maximum atomic E-state index is 13.6. The lowest BCUT2D eigenvalue weighted by atomic mass is 9.85. The third-order valence-corrected chi connectivity index (χ3v) is 6.34. The zero-order valence-corrected chi connectivity index (χ0v) is 17.6. The van der Waals surface area contributed by atoms with E-state index in [0.29, 0.717) is 43.9 Å². The van der Waals surface area contributed by atoms with Gasteiger partial charge in [-0.25, -0.2) is 4.79 Å². The Balaban J connectivity index is 1.67. The van der Waals surface area contributed by atoms with Gasteiger partial charge < -0.3 is 14.3 Å². The second-order valence-electron chi connectivity index (χ2n) is 8.09. The van der Waals surface area contributed by atoms with E-state index in [9.17, 15) is 14.4 Å². The van der Waals surface area contributed by atoms with Crippen LogP contribution in [0.15, 0.2) is 34.9 Å². The molecule has 1 aromatic carbocycles. The first-order valence-electron chi connectivity index (χ1n) is 10.2. The number of nitrogens with zero attached hydrogens (tertiary/aromatic N) is 4.